The summed E-state index contributed by atoms with van der Waals surface area (Å²) in [6.07, 6.45) is 61.7. The maximum Gasteiger partial charge on any atom is 0.306 e. The molecule has 6 heteroatoms. The van der Waals surface area contributed by atoms with Gasteiger partial charge in [-0.05, 0) is 83.5 Å². The van der Waals surface area contributed by atoms with Crippen LogP contribution in [0.1, 0.15) is 239 Å². The smallest absolute Gasteiger partial charge is 0.306 e. The number of allylic oxidation sites excluding steroid dienone is 12. The standard InChI is InChI=1S/C55H94O6/c1-4-7-10-13-16-19-22-24-26-27-28-29-30-32-33-36-39-42-45-48-54(57)60-51-52(50-59-53(56)47-44-41-38-35-21-18-15-12-9-6-3)61-55(58)49-46-43-40-37-34-31-25-23-20-17-14-11-8-5-2/h7,10,12,15-16,19,24,26,28-29,32-33,52H,4-6,8-9,11,13-14,17-18,20-23,25,27,30-31,34-51H2,1-3H3/b10-7-,15-12-,19-16-,26-24-,29-28-,33-32-. The van der Waals surface area contributed by atoms with Gasteiger partial charge in [0.05, 0.1) is 0 Å². The lowest BCUT2D eigenvalue weighted by Crippen LogP contribution is -2.30. The number of hydrogen-bond acceptors (Lipinski definition) is 6. The van der Waals surface area contributed by atoms with Crippen LogP contribution in [0, 0.1) is 0 Å². The van der Waals surface area contributed by atoms with Gasteiger partial charge in [0, 0.05) is 19.3 Å². The highest BCUT2D eigenvalue weighted by molar-refractivity contribution is 5.71. The summed E-state index contributed by atoms with van der Waals surface area (Å²) < 4.78 is 16.7. The van der Waals surface area contributed by atoms with Crippen LogP contribution in [0.25, 0.3) is 0 Å². The van der Waals surface area contributed by atoms with Crippen LogP contribution in [0.15, 0.2) is 72.9 Å². The normalized spacial score (nSPS) is 12.6. The fourth-order valence-electron chi connectivity index (χ4n) is 6.88. The fraction of sp³-hybridized carbons (Fsp3) is 0.727. The molecule has 0 aliphatic carbocycles. The van der Waals surface area contributed by atoms with E-state index in [-0.39, 0.29) is 31.1 Å². The van der Waals surface area contributed by atoms with Crippen molar-refractivity contribution in [3.8, 4) is 0 Å². The summed E-state index contributed by atoms with van der Waals surface area (Å²) in [5.41, 5.74) is 0. The molecule has 0 fully saturated rings. The maximum absolute atomic E-state index is 12.8. The number of esters is 3. The highest BCUT2D eigenvalue weighted by Gasteiger charge is 2.19. The van der Waals surface area contributed by atoms with Crippen LogP contribution in [0.3, 0.4) is 0 Å². The number of carbonyl (C=O) groups excluding carboxylic acids is 3. The molecule has 0 aromatic rings. The lowest BCUT2D eigenvalue weighted by atomic mass is 10.0. The van der Waals surface area contributed by atoms with E-state index in [1.165, 1.54) is 89.9 Å². The van der Waals surface area contributed by atoms with Gasteiger partial charge in [-0.3, -0.25) is 14.4 Å². The first-order chi connectivity index (χ1) is 30.0. The monoisotopic (exact) mass is 851 g/mol. The quantitative estimate of drug-likeness (QED) is 0.0263. The fourth-order valence-corrected chi connectivity index (χ4v) is 6.88. The van der Waals surface area contributed by atoms with Crippen molar-refractivity contribution in [2.75, 3.05) is 13.2 Å². The van der Waals surface area contributed by atoms with Crippen molar-refractivity contribution in [1.29, 1.82) is 0 Å². The van der Waals surface area contributed by atoms with Gasteiger partial charge in [0.2, 0.25) is 0 Å². The summed E-state index contributed by atoms with van der Waals surface area (Å²) in [6, 6.07) is 0. The largest absolute Gasteiger partial charge is 0.462 e. The van der Waals surface area contributed by atoms with Crippen molar-refractivity contribution in [3.63, 3.8) is 0 Å². The van der Waals surface area contributed by atoms with E-state index in [9.17, 15) is 14.4 Å². The number of unbranched alkanes of at least 4 members (excludes halogenated alkanes) is 22. The molecule has 0 bridgehead atoms. The third-order valence-corrected chi connectivity index (χ3v) is 10.7. The molecule has 0 saturated carbocycles. The topological polar surface area (TPSA) is 78.9 Å². The Hall–Kier alpha value is -3.15. The third kappa shape index (κ3) is 47.7. The molecule has 0 aliphatic heterocycles. The van der Waals surface area contributed by atoms with Gasteiger partial charge < -0.3 is 14.2 Å². The molecule has 0 aromatic heterocycles. The molecule has 61 heavy (non-hydrogen) atoms. The average molecular weight is 851 g/mol. The summed E-state index contributed by atoms with van der Waals surface area (Å²) in [7, 11) is 0. The minimum Gasteiger partial charge on any atom is -0.462 e. The lowest BCUT2D eigenvalue weighted by molar-refractivity contribution is -0.167. The van der Waals surface area contributed by atoms with E-state index in [0.29, 0.717) is 19.3 Å². The Kier molecular flexibility index (Phi) is 46.9. The molecule has 0 aliphatic rings. The second kappa shape index (κ2) is 49.5. The predicted molar refractivity (Wildman–Crippen MR) is 261 cm³/mol. The Morgan fingerprint density at radius 3 is 1.10 bits per heavy atom. The van der Waals surface area contributed by atoms with Crippen LogP contribution in [0.2, 0.25) is 0 Å². The third-order valence-electron chi connectivity index (χ3n) is 10.7. The summed E-state index contributed by atoms with van der Waals surface area (Å²) >= 11 is 0. The molecular weight excluding hydrogens is 757 g/mol. The average Bonchev–Trinajstić information content (AvgIpc) is 3.26. The van der Waals surface area contributed by atoms with Gasteiger partial charge in [-0.25, -0.2) is 0 Å². The summed E-state index contributed by atoms with van der Waals surface area (Å²) in [6.45, 7) is 6.43. The van der Waals surface area contributed by atoms with Crippen molar-refractivity contribution in [2.45, 2.75) is 245 Å². The molecular formula is C55H94O6. The molecule has 0 aromatic carbocycles. The first kappa shape index (κ1) is 57.9. The van der Waals surface area contributed by atoms with Gasteiger partial charge in [0.25, 0.3) is 0 Å². The van der Waals surface area contributed by atoms with Crippen molar-refractivity contribution < 1.29 is 28.6 Å². The van der Waals surface area contributed by atoms with Crippen molar-refractivity contribution >= 4 is 17.9 Å². The number of carbonyl (C=O) groups is 3. The second-order valence-electron chi connectivity index (χ2n) is 16.7. The zero-order chi connectivity index (χ0) is 44.4. The molecule has 0 radical (unpaired) electrons. The maximum atomic E-state index is 12.8. The predicted octanol–water partition coefficient (Wildman–Crippen LogP) is 16.6. The van der Waals surface area contributed by atoms with E-state index < -0.39 is 6.10 Å². The molecule has 0 spiro atoms. The van der Waals surface area contributed by atoms with Gasteiger partial charge in [-0.1, -0.05) is 209 Å². The number of hydrogen-bond donors (Lipinski definition) is 0. The summed E-state index contributed by atoms with van der Waals surface area (Å²) in [4.78, 5) is 37.9. The van der Waals surface area contributed by atoms with E-state index in [2.05, 4.69) is 93.7 Å². The van der Waals surface area contributed by atoms with Crippen molar-refractivity contribution in [1.82, 2.24) is 0 Å². The van der Waals surface area contributed by atoms with Gasteiger partial charge >= 0.3 is 17.9 Å². The SMILES string of the molecule is CC/C=C\C/C=C\C/C=C\C/C=C\C/C=C\CCCCCC(=O)OCC(COC(=O)CCCCCCC/C=C\CCC)OC(=O)CCCCCCCCCCCCCCCC. The zero-order valence-corrected chi connectivity index (χ0v) is 39.9. The lowest BCUT2D eigenvalue weighted by Gasteiger charge is -2.18. The molecule has 350 valence electrons. The highest BCUT2D eigenvalue weighted by Crippen LogP contribution is 2.15. The molecule has 6 nitrogen and oxygen atoms in total. The van der Waals surface area contributed by atoms with Crippen molar-refractivity contribution in [2.24, 2.45) is 0 Å². The van der Waals surface area contributed by atoms with E-state index in [1.54, 1.807) is 0 Å². The van der Waals surface area contributed by atoms with E-state index in [1.807, 2.05) is 0 Å². The Morgan fingerprint density at radius 1 is 0.344 bits per heavy atom. The van der Waals surface area contributed by atoms with Gasteiger partial charge in [-0.2, -0.15) is 0 Å². The molecule has 0 rings (SSSR count). The van der Waals surface area contributed by atoms with Crippen LogP contribution in [-0.2, 0) is 28.6 Å². The van der Waals surface area contributed by atoms with E-state index in [4.69, 9.17) is 14.2 Å². The van der Waals surface area contributed by atoms with Crippen molar-refractivity contribution in [3.05, 3.63) is 72.9 Å². The molecule has 0 N–H and O–H groups in total. The molecule has 0 heterocycles. The molecule has 0 amide bonds. The zero-order valence-electron chi connectivity index (χ0n) is 39.9. The van der Waals surface area contributed by atoms with E-state index in [0.717, 1.165) is 109 Å². The number of rotatable bonds is 45. The molecule has 1 unspecified atom stereocenters. The van der Waals surface area contributed by atoms with E-state index >= 15 is 0 Å². The second-order valence-corrected chi connectivity index (χ2v) is 16.7. The summed E-state index contributed by atoms with van der Waals surface area (Å²) in [5.74, 6) is -0.931. The Morgan fingerprint density at radius 2 is 0.672 bits per heavy atom. The van der Waals surface area contributed by atoms with Gasteiger partial charge in [0.15, 0.2) is 6.10 Å². The van der Waals surface area contributed by atoms with Crippen LogP contribution in [0.4, 0.5) is 0 Å². The highest BCUT2D eigenvalue weighted by atomic mass is 16.6. The van der Waals surface area contributed by atoms with Crippen LogP contribution < -0.4 is 0 Å². The minimum atomic E-state index is -0.789. The molecule has 1 atom stereocenters. The summed E-state index contributed by atoms with van der Waals surface area (Å²) in [5, 5.41) is 0. The van der Waals surface area contributed by atoms with Crippen LogP contribution in [0.5, 0.6) is 0 Å². The van der Waals surface area contributed by atoms with Gasteiger partial charge in [0.1, 0.15) is 13.2 Å². The molecule has 0 saturated heterocycles. The number of ether oxygens (including phenoxy) is 3. The first-order valence-electron chi connectivity index (χ1n) is 25.4. The van der Waals surface area contributed by atoms with Crippen LogP contribution in [-0.4, -0.2) is 37.2 Å². The Bertz CT molecular complexity index is 1160. The minimum absolute atomic E-state index is 0.0893. The Balaban J connectivity index is 4.40. The first-order valence-corrected chi connectivity index (χ1v) is 25.4. The van der Waals surface area contributed by atoms with Crippen LogP contribution >= 0.6 is 0 Å². The van der Waals surface area contributed by atoms with Gasteiger partial charge in [-0.15, -0.1) is 0 Å². The Labute approximate surface area is 376 Å².